The Hall–Kier alpha value is -0.630. The quantitative estimate of drug-likeness (QED) is 0.773. The second-order valence-electron chi connectivity index (χ2n) is 5.38. The van der Waals surface area contributed by atoms with Crippen molar-refractivity contribution >= 4 is 17.4 Å². The summed E-state index contributed by atoms with van der Waals surface area (Å²) in [7, 11) is 0. The first kappa shape index (κ1) is 14.4. The molecule has 0 saturated heterocycles. The van der Waals surface area contributed by atoms with Crippen LogP contribution in [0, 0.1) is 6.92 Å². The van der Waals surface area contributed by atoms with E-state index < -0.39 is 0 Å². The van der Waals surface area contributed by atoms with Crippen LogP contribution in [0.25, 0.3) is 0 Å². The Bertz CT molecular complexity index is 352. The molecule has 0 aromatic heterocycles. The molecule has 0 aliphatic carbocycles. The second kappa shape index (κ2) is 6.34. The van der Waals surface area contributed by atoms with Crippen molar-refractivity contribution in [2.45, 2.75) is 45.8 Å². The summed E-state index contributed by atoms with van der Waals surface area (Å²) in [4.78, 5) is 0. The summed E-state index contributed by atoms with van der Waals surface area (Å²) in [6.45, 7) is 12.2. The van der Waals surface area contributed by atoms with Gasteiger partial charge in [0, 0.05) is 22.7 Å². The summed E-state index contributed by atoms with van der Waals surface area (Å²) in [5.41, 5.74) is 4.08. The fourth-order valence-electron chi connectivity index (χ4n) is 1.76. The summed E-state index contributed by atoms with van der Waals surface area (Å²) in [6, 6.07) is 6.67. The predicted molar refractivity (Wildman–Crippen MR) is 81.3 cm³/mol. The lowest BCUT2D eigenvalue weighted by molar-refractivity contribution is 0.802. The van der Waals surface area contributed by atoms with Crippen molar-refractivity contribution in [3.8, 4) is 0 Å². The fourth-order valence-corrected chi connectivity index (χ4v) is 2.57. The Morgan fingerprint density at radius 2 is 1.94 bits per heavy atom. The third kappa shape index (κ3) is 5.49. The van der Waals surface area contributed by atoms with E-state index in [1.54, 1.807) is 0 Å². The van der Waals surface area contributed by atoms with Crippen LogP contribution in [0.3, 0.4) is 0 Å². The van der Waals surface area contributed by atoms with Gasteiger partial charge in [-0.15, -0.1) is 0 Å². The lowest BCUT2D eigenvalue weighted by Gasteiger charge is -2.18. The molecule has 0 saturated carbocycles. The molecule has 1 nitrogen and oxygen atoms in total. The number of hydrogen-bond acceptors (Lipinski definition) is 2. The monoisotopic (exact) mass is 251 g/mol. The van der Waals surface area contributed by atoms with E-state index in [1.165, 1.54) is 16.8 Å². The van der Waals surface area contributed by atoms with Crippen molar-refractivity contribution in [1.82, 2.24) is 0 Å². The van der Waals surface area contributed by atoms with Crippen molar-refractivity contribution in [2.24, 2.45) is 0 Å². The average molecular weight is 251 g/mol. The molecule has 0 fully saturated rings. The van der Waals surface area contributed by atoms with Crippen LogP contribution < -0.4 is 5.32 Å². The van der Waals surface area contributed by atoms with Gasteiger partial charge in [-0.3, -0.25) is 0 Å². The maximum Gasteiger partial charge on any atom is 0.0343 e. The molecule has 0 atom stereocenters. The van der Waals surface area contributed by atoms with E-state index in [2.05, 4.69) is 58.1 Å². The van der Waals surface area contributed by atoms with Gasteiger partial charge in [-0.05, 0) is 36.6 Å². The fraction of sp³-hybridized carbons (Fsp3) is 0.600. The van der Waals surface area contributed by atoms with Crippen LogP contribution in [0.4, 0.5) is 5.69 Å². The molecule has 0 spiro atoms. The minimum atomic E-state index is 0.365. The molecule has 0 aliphatic rings. The molecule has 1 aromatic carbocycles. The van der Waals surface area contributed by atoms with Crippen LogP contribution in [-0.4, -0.2) is 17.0 Å². The van der Waals surface area contributed by atoms with E-state index in [0.717, 1.165) is 18.7 Å². The molecule has 1 N–H and O–H groups in total. The van der Waals surface area contributed by atoms with E-state index in [0.29, 0.717) is 4.75 Å². The van der Waals surface area contributed by atoms with Crippen LogP contribution in [0.1, 0.15) is 38.8 Å². The van der Waals surface area contributed by atoms with Crippen LogP contribution in [-0.2, 0) is 6.42 Å². The highest BCUT2D eigenvalue weighted by atomic mass is 32.2. The molecular formula is C15H25NS. The number of hydrogen-bond donors (Lipinski definition) is 1. The number of rotatable bonds is 5. The first-order valence-corrected chi connectivity index (χ1v) is 7.38. The van der Waals surface area contributed by atoms with E-state index in [9.17, 15) is 0 Å². The van der Waals surface area contributed by atoms with Crippen LogP contribution in [0.5, 0.6) is 0 Å². The van der Waals surface area contributed by atoms with Gasteiger partial charge in [0.1, 0.15) is 0 Å². The Balaban J connectivity index is 2.40. The van der Waals surface area contributed by atoms with Crippen molar-refractivity contribution in [2.75, 3.05) is 17.6 Å². The van der Waals surface area contributed by atoms with E-state index >= 15 is 0 Å². The number of anilines is 1. The average Bonchev–Trinajstić information content (AvgIpc) is 2.23. The summed E-state index contributed by atoms with van der Waals surface area (Å²) < 4.78 is 0.365. The van der Waals surface area contributed by atoms with Gasteiger partial charge in [0.05, 0.1) is 0 Å². The molecule has 0 unspecified atom stereocenters. The Morgan fingerprint density at radius 1 is 1.24 bits per heavy atom. The lowest BCUT2D eigenvalue weighted by Crippen LogP contribution is -2.13. The van der Waals surface area contributed by atoms with Crippen molar-refractivity contribution in [3.63, 3.8) is 0 Å². The molecule has 0 aliphatic heterocycles. The number of aryl methyl sites for hydroxylation is 2. The second-order valence-corrected chi connectivity index (χ2v) is 7.30. The minimum Gasteiger partial charge on any atom is -0.384 e. The highest BCUT2D eigenvalue weighted by molar-refractivity contribution is 8.00. The number of nitrogens with one attached hydrogen (secondary N) is 1. The molecule has 0 amide bonds. The number of benzene rings is 1. The molecule has 0 heterocycles. The topological polar surface area (TPSA) is 12.0 Å². The van der Waals surface area contributed by atoms with Crippen molar-refractivity contribution < 1.29 is 0 Å². The van der Waals surface area contributed by atoms with Crippen molar-refractivity contribution in [1.29, 1.82) is 0 Å². The van der Waals surface area contributed by atoms with Crippen LogP contribution >= 0.6 is 11.8 Å². The molecule has 0 radical (unpaired) electrons. The molecule has 1 rings (SSSR count). The maximum atomic E-state index is 3.49. The van der Waals surface area contributed by atoms with Crippen LogP contribution in [0.2, 0.25) is 0 Å². The molecule has 2 heteroatoms. The molecular weight excluding hydrogens is 226 g/mol. The first-order chi connectivity index (χ1) is 7.92. The summed E-state index contributed by atoms with van der Waals surface area (Å²) in [5, 5.41) is 3.49. The third-order valence-corrected chi connectivity index (χ3v) is 3.96. The highest BCUT2D eigenvalue weighted by Crippen LogP contribution is 2.22. The van der Waals surface area contributed by atoms with Gasteiger partial charge in [0.25, 0.3) is 0 Å². The maximum absolute atomic E-state index is 3.49. The first-order valence-electron chi connectivity index (χ1n) is 6.40. The zero-order valence-corrected chi connectivity index (χ0v) is 12.6. The SMILES string of the molecule is CCc1ccc(NCCSC(C)(C)C)cc1C. The molecule has 17 heavy (non-hydrogen) atoms. The predicted octanol–water partition coefficient (Wildman–Crippen LogP) is 4.50. The van der Waals surface area contributed by atoms with Gasteiger partial charge in [0.15, 0.2) is 0 Å². The smallest absolute Gasteiger partial charge is 0.0343 e. The van der Waals surface area contributed by atoms with Gasteiger partial charge >= 0.3 is 0 Å². The summed E-state index contributed by atoms with van der Waals surface area (Å²) in [6.07, 6.45) is 1.12. The van der Waals surface area contributed by atoms with Gasteiger partial charge in [0.2, 0.25) is 0 Å². The van der Waals surface area contributed by atoms with Crippen LogP contribution in [0.15, 0.2) is 18.2 Å². The summed E-state index contributed by atoms with van der Waals surface area (Å²) >= 11 is 2.00. The van der Waals surface area contributed by atoms with Crippen molar-refractivity contribution in [3.05, 3.63) is 29.3 Å². The highest BCUT2D eigenvalue weighted by Gasteiger charge is 2.09. The minimum absolute atomic E-state index is 0.365. The van der Waals surface area contributed by atoms with E-state index in [-0.39, 0.29) is 0 Å². The van der Waals surface area contributed by atoms with Gasteiger partial charge in [-0.1, -0.05) is 33.8 Å². The molecule has 96 valence electrons. The zero-order chi connectivity index (χ0) is 12.9. The normalized spacial score (nSPS) is 11.6. The Morgan fingerprint density at radius 3 is 2.47 bits per heavy atom. The standard InChI is InChI=1S/C15H25NS/c1-6-13-7-8-14(11-12(13)2)16-9-10-17-15(3,4)5/h7-8,11,16H,6,9-10H2,1-5H3. The van der Waals surface area contributed by atoms with E-state index in [4.69, 9.17) is 0 Å². The Kier molecular flexibility index (Phi) is 5.38. The molecule has 0 bridgehead atoms. The lowest BCUT2D eigenvalue weighted by atomic mass is 10.1. The van der Waals surface area contributed by atoms with Gasteiger partial charge < -0.3 is 5.32 Å². The van der Waals surface area contributed by atoms with Gasteiger partial charge in [-0.25, -0.2) is 0 Å². The van der Waals surface area contributed by atoms with E-state index in [1.807, 2.05) is 11.8 Å². The molecule has 1 aromatic rings. The Labute approximate surface area is 110 Å². The summed E-state index contributed by atoms with van der Waals surface area (Å²) in [5.74, 6) is 1.15. The largest absolute Gasteiger partial charge is 0.384 e. The van der Waals surface area contributed by atoms with Gasteiger partial charge in [-0.2, -0.15) is 11.8 Å². The third-order valence-electron chi connectivity index (χ3n) is 2.69. The number of thioether (sulfide) groups is 1. The zero-order valence-electron chi connectivity index (χ0n) is 11.8.